The summed E-state index contributed by atoms with van der Waals surface area (Å²) in [5.41, 5.74) is 10.6. The summed E-state index contributed by atoms with van der Waals surface area (Å²) in [4.78, 5) is 0. The fraction of sp³-hybridized carbons (Fsp3) is 0.267. The van der Waals surface area contributed by atoms with Crippen molar-refractivity contribution in [2.24, 2.45) is 0 Å². The maximum absolute atomic E-state index is 8.09. The fourth-order valence-corrected chi connectivity index (χ4v) is 36.4. The van der Waals surface area contributed by atoms with Gasteiger partial charge in [0.2, 0.25) is 0 Å². The number of fused-ring (bicyclic) bond motifs is 2. The summed E-state index contributed by atoms with van der Waals surface area (Å²) >= 11 is -4.43. The molecule has 4 heteroatoms. The zero-order valence-corrected chi connectivity index (χ0v) is 25.6. The van der Waals surface area contributed by atoms with Gasteiger partial charge in [-0.15, -0.1) is 0 Å². The van der Waals surface area contributed by atoms with Crippen LogP contribution in [0.5, 0.6) is 0 Å². The Morgan fingerprint density at radius 1 is 0.882 bits per heavy atom. The number of benzene rings is 3. The maximum atomic E-state index is 8.09. The van der Waals surface area contributed by atoms with E-state index in [9.17, 15) is 0 Å². The Balaban J connectivity index is 1.65. The molecule has 0 aliphatic heterocycles. The van der Waals surface area contributed by atoms with Crippen LogP contribution >= 0.6 is 17.0 Å². The van der Waals surface area contributed by atoms with E-state index in [0.29, 0.717) is 0 Å². The first-order valence-corrected chi connectivity index (χ1v) is 28.8. The van der Waals surface area contributed by atoms with Gasteiger partial charge in [0.05, 0.1) is 0 Å². The van der Waals surface area contributed by atoms with Gasteiger partial charge in [-0.25, -0.2) is 0 Å². The average molecular weight is 584 g/mol. The van der Waals surface area contributed by atoms with Gasteiger partial charge in [0.15, 0.2) is 0 Å². The Bertz CT molecular complexity index is 1300. The third kappa shape index (κ3) is 3.72. The van der Waals surface area contributed by atoms with E-state index < -0.39 is 21.5 Å². The van der Waals surface area contributed by atoms with Crippen LogP contribution < -0.4 is 0 Å². The molecule has 3 aromatic rings. The van der Waals surface area contributed by atoms with Crippen molar-refractivity contribution in [3.8, 4) is 11.1 Å². The SMILES string of the molecule is CCCc1ccc(-c2cccc3c2C=C(C)[CH]3[Zr]([Cl])([Cl])([CH]2C=Cc3ccccc32)[SiH](C)C)cc1. The molecule has 2 aliphatic carbocycles. The van der Waals surface area contributed by atoms with Gasteiger partial charge >= 0.3 is 215 Å². The second-order valence-electron chi connectivity index (χ2n) is 10.4. The average Bonchev–Trinajstić information content (AvgIpc) is 3.41. The second-order valence-corrected chi connectivity index (χ2v) is 53.0. The van der Waals surface area contributed by atoms with Crippen molar-refractivity contribution in [1.29, 1.82) is 0 Å². The van der Waals surface area contributed by atoms with Crippen molar-refractivity contribution < 1.29 is 15.6 Å². The molecule has 0 radical (unpaired) electrons. The van der Waals surface area contributed by atoms with Gasteiger partial charge in [-0.05, 0) is 0 Å². The molecule has 0 spiro atoms. The van der Waals surface area contributed by atoms with E-state index >= 15 is 0 Å². The molecule has 0 heterocycles. The Morgan fingerprint density at radius 2 is 1.59 bits per heavy atom. The standard InChI is InChI=1S/C19H19.C9H7.C2H7Si.2ClH.Zr/c1-3-5-15-8-10-16(11-9-15)18-7-4-6-17-12-14(2)13-19(17)18;1-2-5-9-7-3-6-8(9)4-1;1-3-2;;;/h4,6-13H,3,5H2,1-2H3;1-7H;3H,1-2H3;2*1H;/q;;;;;+2/p-2. The Kier molecular flexibility index (Phi) is 6.52. The third-order valence-corrected chi connectivity index (χ3v) is 60.3. The van der Waals surface area contributed by atoms with Crippen LogP contribution in [0.3, 0.4) is 0 Å². The molecule has 34 heavy (non-hydrogen) atoms. The summed E-state index contributed by atoms with van der Waals surface area (Å²) in [7, 11) is 16.2. The molecule has 0 amide bonds. The van der Waals surface area contributed by atoms with E-state index in [2.05, 4.69) is 112 Å². The van der Waals surface area contributed by atoms with Crippen molar-refractivity contribution in [1.82, 2.24) is 0 Å². The molecular formula is C30H33Cl2SiZr. The quantitative estimate of drug-likeness (QED) is 0.254. The van der Waals surface area contributed by atoms with E-state index in [1.165, 1.54) is 50.9 Å². The predicted octanol–water partition coefficient (Wildman–Crippen LogP) is 9.51. The molecule has 5 rings (SSSR count). The monoisotopic (exact) mass is 581 g/mol. The summed E-state index contributed by atoms with van der Waals surface area (Å²) < 4.78 is 0.329. The van der Waals surface area contributed by atoms with E-state index in [4.69, 9.17) is 17.0 Å². The van der Waals surface area contributed by atoms with Crippen molar-refractivity contribution in [3.05, 3.63) is 106 Å². The van der Waals surface area contributed by atoms with E-state index in [1.54, 1.807) is 0 Å². The second kappa shape index (κ2) is 9.04. The van der Waals surface area contributed by atoms with Crippen LogP contribution in [-0.4, -0.2) is 5.92 Å². The van der Waals surface area contributed by atoms with Crippen LogP contribution in [0, 0.1) is 0 Å². The molecular weight excluding hydrogens is 551 g/mol. The van der Waals surface area contributed by atoms with E-state index in [0.717, 1.165) is 6.42 Å². The number of halogens is 2. The molecule has 3 aromatic carbocycles. The first-order chi connectivity index (χ1) is 16.2. The zero-order valence-electron chi connectivity index (χ0n) is 20.5. The summed E-state index contributed by atoms with van der Waals surface area (Å²) in [6, 6.07) is 24.5. The van der Waals surface area contributed by atoms with Crippen molar-refractivity contribution in [3.63, 3.8) is 0 Å². The predicted molar refractivity (Wildman–Crippen MR) is 151 cm³/mol. The molecule has 0 saturated carbocycles. The number of hydrogen-bond donors (Lipinski definition) is 0. The fourth-order valence-electron chi connectivity index (χ4n) is 6.28. The van der Waals surface area contributed by atoms with E-state index in [1.807, 2.05) is 0 Å². The summed E-state index contributed by atoms with van der Waals surface area (Å²) in [5.74, 6) is -1.43. The summed E-state index contributed by atoms with van der Waals surface area (Å²) in [6.45, 7) is 9.27. The van der Waals surface area contributed by atoms with Crippen LogP contribution in [0.1, 0.15) is 55.3 Å². The molecule has 0 aromatic heterocycles. The van der Waals surface area contributed by atoms with Crippen LogP contribution in [0.2, 0.25) is 13.1 Å². The van der Waals surface area contributed by atoms with Crippen molar-refractivity contribution in [2.75, 3.05) is 0 Å². The van der Waals surface area contributed by atoms with E-state index in [-0.39, 0.29) is 7.25 Å². The van der Waals surface area contributed by atoms with Gasteiger partial charge in [0.1, 0.15) is 0 Å². The topological polar surface area (TPSA) is 0 Å². The Hall–Kier alpha value is -1.18. The molecule has 2 aliphatic rings. The number of rotatable bonds is 6. The third-order valence-electron chi connectivity index (χ3n) is 8.13. The summed E-state index contributed by atoms with van der Waals surface area (Å²) in [6.07, 6.45) is 9.26. The Morgan fingerprint density at radius 3 is 2.29 bits per heavy atom. The minimum absolute atomic E-state index is 0.159. The van der Waals surface area contributed by atoms with Crippen molar-refractivity contribution in [2.45, 2.75) is 47.0 Å². The first kappa shape index (κ1) is 24.5. The zero-order chi connectivity index (χ0) is 24.1. The number of allylic oxidation sites excluding steroid dienone is 2. The number of aryl methyl sites for hydroxylation is 1. The number of hydrogen-bond acceptors (Lipinski definition) is 0. The molecule has 2 unspecified atom stereocenters. The normalized spacial score (nSPS) is 20.1. The molecule has 0 bridgehead atoms. The van der Waals surface area contributed by atoms with Crippen LogP contribution in [0.15, 0.2) is 78.4 Å². The van der Waals surface area contributed by atoms with Crippen LogP contribution in [0.4, 0.5) is 0 Å². The first-order valence-electron chi connectivity index (χ1n) is 12.5. The minimum atomic E-state index is -4.43. The van der Waals surface area contributed by atoms with Crippen molar-refractivity contribution >= 4 is 35.1 Å². The Labute approximate surface area is 213 Å². The van der Waals surface area contributed by atoms with Gasteiger partial charge in [0.25, 0.3) is 0 Å². The van der Waals surface area contributed by atoms with Gasteiger partial charge in [-0.1, -0.05) is 0 Å². The molecule has 0 saturated heterocycles. The summed E-state index contributed by atoms with van der Waals surface area (Å²) in [5, 5.41) is 0. The molecule has 175 valence electrons. The van der Waals surface area contributed by atoms with Gasteiger partial charge in [0, 0.05) is 0 Å². The van der Waals surface area contributed by atoms with Gasteiger partial charge in [-0.3, -0.25) is 0 Å². The molecule has 0 N–H and O–H groups in total. The van der Waals surface area contributed by atoms with Crippen LogP contribution in [-0.2, 0) is 22.0 Å². The molecule has 0 nitrogen and oxygen atoms in total. The van der Waals surface area contributed by atoms with Gasteiger partial charge in [-0.2, -0.15) is 0 Å². The van der Waals surface area contributed by atoms with Gasteiger partial charge < -0.3 is 0 Å². The molecule has 2 atom stereocenters. The molecule has 0 fully saturated rings. The van der Waals surface area contributed by atoms with Crippen LogP contribution in [0.25, 0.3) is 23.3 Å².